The molecule has 0 spiro atoms. The highest BCUT2D eigenvalue weighted by molar-refractivity contribution is 7.99. The molecule has 0 aliphatic carbocycles. The second-order valence-electron chi connectivity index (χ2n) is 4.24. The zero-order chi connectivity index (χ0) is 15.2. The zero-order valence-corrected chi connectivity index (χ0v) is 12.4. The Morgan fingerprint density at radius 1 is 1.48 bits per heavy atom. The van der Waals surface area contributed by atoms with Crippen LogP contribution in [0.3, 0.4) is 0 Å². The van der Waals surface area contributed by atoms with Gasteiger partial charge < -0.3 is 5.11 Å². The zero-order valence-electron chi connectivity index (χ0n) is 11.6. The van der Waals surface area contributed by atoms with Crippen molar-refractivity contribution < 1.29 is 9.90 Å². The molecule has 21 heavy (non-hydrogen) atoms. The number of hydrogen-bond donors (Lipinski definition) is 3. The number of carbonyl (C=O) groups is 1. The first-order valence-corrected chi connectivity index (χ1v) is 7.18. The third-order valence-electron chi connectivity index (χ3n) is 2.55. The number of hydrogen-bond acceptors (Lipinski definition) is 6. The van der Waals surface area contributed by atoms with Crippen molar-refractivity contribution in [3.8, 4) is 5.75 Å². The van der Waals surface area contributed by atoms with E-state index in [1.54, 1.807) is 38.1 Å². The average molecular weight is 305 g/mol. The number of aromatic nitrogens is 3. The molecule has 0 bridgehead atoms. The van der Waals surface area contributed by atoms with Crippen LogP contribution < -0.4 is 5.43 Å². The molecule has 110 valence electrons. The smallest absolute Gasteiger partial charge is 0.250 e. The van der Waals surface area contributed by atoms with Crippen molar-refractivity contribution >= 4 is 23.4 Å². The number of rotatable bonds is 5. The third kappa shape index (κ3) is 4.32. The Morgan fingerprint density at radius 2 is 2.24 bits per heavy atom. The molecule has 7 nitrogen and oxygen atoms in total. The summed E-state index contributed by atoms with van der Waals surface area (Å²) in [6, 6.07) is 6.81. The van der Waals surface area contributed by atoms with E-state index in [4.69, 9.17) is 0 Å². The number of aryl methyl sites for hydroxylation is 1. The summed E-state index contributed by atoms with van der Waals surface area (Å²) in [5.74, 6) is 0.719. The number of aromatic amines is 1. The second-order valence-corrected chi connectivity index (χ2v) is 5.18. The Hall–Kier alpha value is -2.35. The van der Waals surface area contributed by atoms with Crippen LogP contribution in [0.2, 0.25) is 0 Å². The summed E-state index contributed by atoms with van der Waals surface area (Å²) in [7, 11) is 0. The van der Waals surface area contributed by atoms with Gasteiger partial charge in [0, 0.05) is 5.56 Å². The fourth-order valence-electron chi connectivity index (χ4n) is 1.54. The first kappa shape index (κ1) is 15.0. The van der Waals surface area contributed by atoms with Crippen LogP contribution >= 0.6 is 11.8 Å². The molecule has 0 atom stereocenters. The Bertz CT molecular complexity index is 668. The largest absolute Gasteiger partial charge is 0.507 e. The van der Waals surface area contributed by atoms with Gasteiger partial charge in [0.05, 0.1) is 11.5 Å². The van der Waals surface area contributed by atoms with Crippen molar-refractivity contribution in [1.29, 1.82) is 0 Å². The maximum Gasteiger partial charge on any atom is 0.250 e. The molecule has 0 fully saturated rings. The fraction of sp³-hybridized carbons (Fsp3) is 0.231. The molecule has 0 unspecified atom stereocenters. The standard InChI is InChI=1S/C13H15N5O2S/c1-8(10-5-3-4-6-11(10)19)15-17-12(20)7-21-13-14-9(2)16-18-13/h3-6,19H,7H2,1-2H3,(H,17,20)(H,14,16,18)/b15-8+. The lowest BCUT2D eigenvalue weighted by atomic mass is 10.1. The summed E-state index contributed by atoms with van der Waals surface area (Å²) >= 11 is 1.22. The molecule has 0 radical (unpaired) electrons. The Kier molecular flexibility index (Phi) is 4.94. The van der Waals surface area contributed by atoms with Crippen molar-refractivity contribution in [3.05, 3.63) is 35.7 Å². The fourth-order valence-corrected chi connectivity index (χ4v) is 2.17. The van der Waals surface area contributed by atoms with Gasteiger partial charge in [-0.2, -0.15) is 5.10 Å². The molecule has 1 heterocycles. The molecule has 1 amide bonds. The van der Waals surface area contributed by atoms with E-state index in [0.717, 1.165) is 0 Å². The lowest BCUT2D eigenvalue weighted by Gasteiger charge is -2.04. The van der Waals surface area contributed by atoms with Crippen molar-refractivity contribution in [2.24, 2.45) is 5.10 Å². The van der Waals surface area contributed by atoms with E-state index in [2.05, 4.69) is 25.7 Å². The van der Waals surface area contributed by atoms with Gasteiger partial charge in [-0.25, -0.2) is 10.4 Å². The number of benzene rings is 1. The maximum atomic E-state index is 11.7. The number of amides is 1. The molecule has 2 rings (SSSR count). The van der Waals surface area contributed by atoms with Crippen molar-refractivity contribution in [2.45, 2.75) is 19.0 Å². The molecule has 0 saturated carbocycles. The van der Waals surface area contributed by atoms with Gasteiger partial charge in [-0.05, 0) is 26.0 Å². The van der Waals surface area contributed by atoms with Crippen LogP contribution in [0.25, 0.3) is 0 Å². The Labute approximate surface area is 125 Å². The van der Waals surface area contributed by atoms with Gasteiger partial charge in [-0.1, -0.05) is 23.9 Å². The van der Waals surface area contributed by atoms with E-state index in [-0.39, 0.29) is 17.4 Å². The minimum atomic E-state index is -0.266. The monoisotopic (exact) mass is 305 g/mol. The van der Waals surface area contributed by atoms with Crippen LogP contribution in [-0.2, 0) is 4.79 Å². The molecule has 0 aliphatic rings. The Morgan fingerprint density at radius 3 is 2.90 bits per heavy atom. The van der Waals surface area contributed by atoms with E-state index in [1.165, 1.54) is 11.8 Å². The quantitative estimate of drug-likeness (QED) is 0.441. The van der Waals surface area contributed by atoms with E-state index in [0.29, 0.717) is 22.3 Å². The number of carbonyl (C=O) groups excluding carboxylic acids is 1. The molecule has 1 aromatic carbocycles. The number of phenols is 1. The molecule has 8 heteroatoms. The average Bonchev–Trinajstić information content (AvgIpc) is 2.89. The topological polar surface area (TPSA) is 103 Å². The molecule has 1 aromatic heterocycles. The van der Waals surface area contributed by atoms with Gasteiger partial charge in [0.25, 0.3) is 5.91 Å². The van der Waals surface area contributed by atoms with E-state index >= 15 is 0 Å². The number of nitrogens with one attached hydrogen (secondary N) is 2. The predicted octanol–water partition coefficient (Wildman–Crippen LogP) is 1.45. The van der Waals surface area contributed by atoms with Crippen molar-refractivity contribution in [1.82, 2.24) is 20.6 Å². The number of nitrogens with zero attached hydrogens (tertiary/aromatic N) is 3. The molecular formula is C13H15N5O2S. The summed E-state index contributed by atoms with van der Waals surface area (Å²) in [5.41, 5.74) is 3.54. The summed E-state index contributed by atoms with van der Waals surface area (Å²) in [4.78, 5) is 15.8. The summed E-state index contributed by atoms with van der Waals surface area (Å²) in [6.45, 7) is 3.50. The van der Waals surface area contributed by atoms with Crippen LogP contribution in [0.5, 0.6) is 5.75 Å². The second kappa shape index (κ2) is 6.89. The Balaban J connectivity index is 1.88. The predicted molar refractivity (Wildman–Crippen MR) is 80.3 cm³/mol. The highest BCUT2D eigenvalue weighted by Gasteiger charge is 2.07. The summed E-state index contributed by atoms with van der Waals surface area (Å²) in [6.07, 6.45) is 0. The van der Waals surface area contributed by atoms with E-state index in [9.17, 15) is 9.90 Å². The van der Waals surface area contributed by atoms with Gasteiger partial charge in [-0.15, -0.1) is 5.10 Å². The van der Waals surface area contributed by atoms with E-state index in [1.807, 2.05) is 0 Å². The number of thioether (sulfide) groups is 1. The van der Waals surface area contributed by atoms with Gasteiger partial charge in [0.15, 0.2) is 0 Å². The number of hydrazone groups is 1. The van der Waals surface area contributed by atoms with Crippen LogP contribution in [0.1, 0.15) is 18.3 Å². The van der Waals surface area contributed by atoms with Gasteiger partial charge >= 0.3 is 0 Å². The van der Waals surface area contributed by atoms with Crippen LogP contribution in [0.15, 0.2) is 34.5 Å². The highest BCUT2D eigenvalue weighted by Crippen LogP contribution is 2.16. The number of aromatic hydroxyl groups is 1. The van der Waals surface area contributed by atoms with Gasteiger partial charge in [-0.3, -0.25) is 9.89 Å². The number of H-pyrrole nitrogens is 1. The van der Waals surface area contributed by atoms with Crippen molar-refractivity contribution in [3.63, 3.8) is 0 Å². The summed E-state index contributed by atoms with van der Waals surface area (Å²) < 4.78 is 0. The van der Waals surface area contributed by atoms with Gasteiger partial charge in [0.2, 0.25) is 5.16 Å². The minimum absolute atomic E-state index is 0.124. The normalized spacial score (nSPS) is 11.4. The molecule has 2 aromatic rings. The SMILES string of the molecule is C/C(=N\NC(=O)CSc1n[nH]c(C)n1)c1ccccc1O. The number of para-hydroxylation sites is 1. The molecular weight excluding hydrogens is 290 g/mol. The number of phenolic OH excluding ortho intramolecular Hbond substituents is 1. The molecule has 0 saturated heterocycles. The van der Waals surface area contributed by atoms with Crippen LogP contribution in [0.4, 0.5) is 0 Å². The lowest BCUT2D eigenvalue weighted by Crippen LogP contribution is -2.21. The van der Waals surface area contributed by atoms with Crippen LogP contribution in [0, 0.1) is 6.92 Å². The molecule has 0 aliphatic heterocycles. The summed E-state index contributed by atoms with van der Waals surface area (Å²) in [5, 5.41) is 20.8. The minimum Gasteiger partial charge on any atom is -0.507 e. The van der Waals surface area contributed by atoms with Crippen LogP contribution in [-0.4, -0.2) is 37.7 Å². The lowest BCUT2D eigenvalue weighted by molar-refractivity contribution is -0.118. The first-order valence-electron chi connectivity index (χ1n) is 6.19. The third-order valence-corrected chi connectivity index (χ3v) is 3.40. The van der Waals surface area contributed by atoms with Gasteiger partial charge in [0.1, 0.15) is 11.6 Å². The highest BCUT2D eigenvalue weighted by atomic mass is 32.2. The molecule has 3 N–H and O–H groups in total. The van der Waals surface area contributed by atoms with E-state index < -0.39 is 0 Å². The van der Waals surface area contributed by atoms with Crippen molar-refractivity contribution in [2.75, 3.05) is 5.75 Å². The first-order chi connectivity index (χ1) is 10.1. The maximum absolute atomic E-state index is 11.7.